The largest absolute Gasteiger partial charge is 0.349 e. The number of amides is 4. The summed E-state index contributed by atoms with van der Waals surface area (Å²) in [6.45, 7) is -0.165. The molecule has 2 aliphatic rings. The van der Waals surface area contributed by atoms with E-state index in [-0.39, 0.29) is 36.2 Å². The molecule has 7 nitrogen and oxygen atoms in total. The van der Waals surface area contributed by atoms with Crippen LogP contribution in [-0.4, -0.2) is 58.1 Å². The molecule has 0 spiro atoms. The standard InChI is InChI=1S/C22H21B3ClF2N3O4/c23-16-9(8-29-21(35)22(27,28)10-1-3-11(26)4-2-10)7-12-15(17(16)24)20(34)31(18(12)25)13-5-6-14(32)30-19(13)33/h1-4,7,13,18H,5-6,8,23-25H2,(H,29,35)(H,30,32,33). The van der Waals surface area contributed by atoms with Crippen LogP contribution in [0.4, 0.5) is 8.78 Å². The molecule has 0 bridgehead atoms. The van der Waals surface area contributed by atoms with E-state index in [0.29, 0.717) is 27.6 Å². The van der Waals surface area contributed by atoms with Crippen LogP contribution in [0.25, 0.3) is 0 Å². The fourth-order valence-corrected chi connectivity index (χ4v) is 4.83. The summed E-state index contributed by atoms with van der Waals surface area (Å²) in [6, 6.07) is 5.72. The van der Waals surface area contributed by atoms with Crippen molar-refractivity contribution in [1.29, 1.82) is 0 Å². The third-order valence-electron chi connectivity index (χ3n) is 6.83. The molecular formula is C22H21B3ClF2N3O4. The predicted octanol–water partition coefficient (Wildman–Crippen LogP) is -1.84. The van der Waals surface area contributed by atoms with Crippen LogP contribution in [0.5, 0.6) is 0 Å². The van der Waals surface area contributed by atoms with E-state index in [0.717, 1.165) is 12.1 Å². The number of carbonyl (C=O) groups excluding carboxylic acids is 4. The Morgan fingerprint density at radius 2 is 1.83 bits per heavy atom. The molecule has 0 radical (unpaired) electrons. The molecule has 178 valence electrons. The number of carbonyl (C=O) groups is 4. The molecule has 2 unspecified atom stereocenters. The summed E-state index contributed by atoms with van der Waals surface area (Å²) >= 11 is 5.75. The lowest BCUT2D eigenvalue weighted by molar-refractivity contribution is -0.147. The van der Waals surface area contributed by atoms with Gasteiger partial charge in [0, 0.05) is 35.1 Å². The minimum Gasteiger partial charge on any atom is -0.346 e. The van der Waals surface area contributed by atoms with Crippen LogP contribution in [0.1, 0.15) is 45.8 Å². The highest BCUT2D eigenvalue weighted by Gasteiger charge is 2.44. The Balaban J connectivity index is 1.57. The van der Waals surface area contributed by atoms with Gasteiger partial charge in [0.1, 0.15) is 29.6 Å². The van der Waals surface area contributed by atoms with E-state index in [9.17, 15) is 28.0 Å². The van der Waals surface area contributed by atoms with Crippen molar-refractivity contribution in [1.82, 2.24) is 15.5 Å². The maximum atomic E-state index is 14.6. The van der Waals surface area contributed by atoms with E-state index in [1.54, 1.807) is 29.6 Å². The first-order valence-electron chi connectivity index (χ1n) is 11.1. The van der Waals surface area contributed by atoms with Crippen molar-refractivity contribution in [3.05, 3.63) is 57.6 Å². The zero-order valence-electron chi connectivity index (χ0n) is 19.4. The van der Waals surface area contributed by atoms with Gasteiger partial charge in [-0.25, -0.2) is 0 Å². The molecule has 4 amide bonds. The van der Waals surface area contributed by atoms with Gasteiger partial charge in [-0.05, 0) is 29.7 Å². The fourth-order valence-electron chi connectivity index (χ4n) is 4.70. The molecule has 2 heterocycles. The normalized spacial score (nSPS) is 20.0. The summed E-state index contributed by atoms with van der Waals surface area (Å²) in [4.78, 5) is 51.1. The maximum Gasteiger partial charge on any atom is 0.349 e. The molecule has 2 aromatic carbocycles. The zero-order chi connectivity index (χ0) is 25.7. The Morgan fingerprint density at radius 3 is 2.46 bits per heavy atom. The second-order valence-electron chi connectivity index (χ2n) is 8.87. The van der Waals surface area contributed by atoms with Gasteiger partial charge in [-0.15, -0.1) is 0 Å². The monoisotopic (exact) mass is 497 g/mol. The average Bonchev–Trinajstić information content (AvgIpc) is 3.05. The molecule has 0 aromatic heterocycles. The molecule has 1 saturated heterocycles. The number of halogens is 3. The zero-order valence-corrected chi connectivity index (χ0v) is 20.1. The molecule has 2 aliphatic heterocycles. The molecule has 13 heteroatoms. The first kappa shape index (κ1) is 25.0. The molecule has 0 aliphatic carbocycles. The number of hydrogen-bond acceptors (Lipinski definition) is 4. The molecule has 2 atom stereocenters. The molecule has 0 saturated carbocycles. The first-order chi connectivity index (χ1) is 16.4. The van der Waals surface area contributed by atoms with Crippen LogP contribution in [0, 0.1) is 0 Å². The van der Waals surface area contributed by atoms with E-state index >= 15 is 0 Å². The first-order valence-corrected chi connectivity index (χ1v) is 11.5. The second-order valence-corrected chi connectivity index (χ2v) is 9.31. The summed E-state index contributed by atoms with van der Waals surface area (Å²) in [6.07, 6.45) is 0.371. The van der Waals surface area contributed by atoms with E-state index in [2.05, 4.69) is 10.6 Å². The highest BCUT2D eigenvalue weighted by atomic mass is 35.5. The average molecular weight is 497 g/mol. The lowest BCUT2D eigenvalue weighted by Crippen LogP contribution is -2.53. The lowest BCUT2D eigenvalue weighted by atomic mass is 9.72. The number of alkyl halides is 2. The third-order valence-corrected chi connectivity index (χ3v) is 7.08. The number of benzene rings is 2. The number of piperidine rings is 1. The lowest BCUT2D eigenvalue weighted by Gasteiger charge is -2.33. The van der Waals surface area contributed by atoms with Crippen LogP contribution in [0.2, 0.25) is 5.02 Å². The number of hydrogen-bond donors (Lipinski definition) is 2. The summed E-state index contributed by atoms with van der Waals surface area (Å²) < 4.78 is 29.3. The van der Waals surface area contributed by atoms with Crippen LogP contribution in [0.3, 0.4) is 0 Å². The van der Waals surface area contributed by atoms with E-state index in [1.807, 2.05) is 0 Å². The molecule has 2 N–H and O–H groups in total. The smallest absolute Gasteiger partial charge is 0.346 e. The van der Waals surface area contributed by atoms with Crippen molar-refractivity contribution in [3.63, 3.8) is 0 Å². The van der Waals surface area contributed by atoms with Gasteiger partial charge in [0.2, 0.25) is 11.8 Å². The third kappa shape index (κ3) is 4.35. The van der Waals surface area contributed by atoms with Crippen molar-refractivity contribution >= 4 is 69.7 Å². The minimum atomic E-state index is -3.75. The van der Waals surface area contributed by atoms with Gasteiger partial charge >= 0.3 is 5.92 Å². The van der Waals surface area contributed by atoms with Gasteiger partial charge in [-0.3, -0.25) is 24.5 Å². The van der Waals surface area contributed by atoms with E-state index in [4.69, 9.17) is 11.6 Å². The van der Waals surface area contributed by atoms with Gasteiger partial charge in [0.15, 0.2) is 0 Å². The number of fused-ring (bicyclic) bond motifs is 1. The van der Waals surface area contributed by atoms with Gasteiger partial charge in [-0.1, -0.05) is 40.7 Å². The van der Waals surface area contributed by atoms with Crippen molar-refractivity contribution in [3.8, 4) is 0 Å². The maximum absolute atomic E-state index is 14.6. The van der Waals surface area contributed by atoms with Crippen molar-refractivity contribution in [2.45, 2.75) is 37.3 Å². The van der Waals surface area contributed by atoms with Gasteiger partial charge in [-0.2, -0.15) is 8.78 Å². The van der Waals surface area contributed by atoms with E-state index < -0.39 is 35.3 Å². The highest BCUT2D eigenvalue weighted by Crippen LogP contribution is 2.34. The molecule has 4 rings (SSSR count). The molecule has 1 fully saturated rings. The van der Waals surface area contributed by atoms with Crippen molar-refractivity contribution in [2.24, 2.45) is 0 Å². The predicted molar refractivity (Wildman–Crippen MR) is 134 cm³/mol. The Morgan fingerprint density at radius 1 is 1.17 bits per heavy atom. The Kier molecular flexibility index (Phi) is 6.53. The van der Waals surface area contributed by atoms with Gasteiger partial charge in [0.05, 0.1) is 0 Å². The topological polar surface area (TPSA) is 95.6 Å². The molecular weight excluding hydrogens is 476 g/mol. The Bertz CT molecular complexity index is 1260. The fraction of sp³-hybridized carbons (Fsp3) is 0.273. The molecule has 2 aromatic rings. The van der Waals surface area contributed by atoms with Crippen LogP contribution >= 0.6 is 11.6 Å². The van der Waals surface area contributed by atoms with E-state index in [1.165, 1.54) is 17.0 Å². The summed E-state index contributed by atoms with van der Waals surface area (Å²) in [5.74, 6) is -6.87. The van der Waals surface area contributed by atoms with Gasteiger partial charge in [0.25, 0.3) is 11.8 Å². The summed E-state index contributed by atoms with van der Waals surface area (Å²) in [5, 5.41) is 4.86. The van der Waals surface area contributed by atoms with Crippen molar-refractivity contribution < 1.29 is 28.0 Å². The number of nitrogens with one attached hydrogen (secondary N) is 2. The highest BCUT2D eigenvalue weighted by molar-refractivity contribution is 6.52. The quantitative estimate of drug-likeness (QED) is 0.375. The van der Waals surface area contributed by atoms with Crippen molar-refractivity contribution in [2.75, 3.05) is 0 Å². The Labute approximate surface area is 208 Å². The van der Waals surface area contributed by atoms with Gasteiger partial charge < -0.3 is 10.2 Å². The number of rotatable bonds is 5. The summed E-state index contributed by atoms with van der Waals surface area (Å²) in [7, 11) is 5.28. The van der Waals surface area contributed by atoms with Crippen LogP contribution < -0.4 is 21.6 Å². The second kappa shape index (κ2) is 9.15. The van der Waals surface area contributed by atoms with Crippen LogP contribution in [-0.2, 0) is 26.9 Å². The number of nitrogens with zero attached hydrogens (tertiary/aromatic N) is 1. The SMILES string of the molecule is Bc1c(CNC(=O)C(F)(F)c2ccc(Cl)cc2)cc2c(c1B)C(=O)N(C1CCC(=O)NC1=O)C2B. The Hall–Kier alpha value is -3.14. The summed E-state index contributed by atoms with van der Waals surface area (Å²) in [5.41, 5.74) is 2.57. The molecule has 35 heavy (non-hydrogen) atoms. The number of imide groups is 1. The van der Waals surface area contributed by atoms with Crippen LogP contribution in [0.15, 0.2) is 30.3 Å². The minimum absolute atomic E-state index is 0.139.